The lowest BCUT2D eigenvalue weighted by atomic mass is 9.81. The van der Waals surface area contributed by atoms with E-state index >= 15 is 0 Å². The third-order valence-electron chi connectivity index (χ3n) is 6.85. The van der Waals surface area contributed by atoms with Gasteiger partial charge in [-0.1, -0.05) is 37.8 Å². The predicted octanol–water partition coefficient (Wildman–Crippen LogP) is 5.79. The lowest BCUT2D eigenvalue weighted by Crippen LogP contribution is -2.55. The van der Waals surface area contributed by atoms with Crippen LogP contribution in [0.4, 0.5) is 19.3 Å². The number of carbonyl (C=O) groups excluding carboxylic acids is 1. The Morgan fingerprint density at radius 3 is 2.19 bits per heavy atom. The minimum atomic E-state index is -0.322. The van der Waals surface area contributed by atoms with Crippen molar-refractivity contribution in [1.29, 1.82) is 0 Å². The van der Waals surface area contributed by atoms with Crippen molar-refractivity contribution < 1.29 is 13.6 Å². The molecule has 0 aromatic heterocycles. The lowest BCUT2D eigenvalue weighted by Gasteiger charge is -2.38. The number of halogens is 2. The highest BCUT2D eigenvalue weighted by molar-refractivity contribution is 5.89. The lowest BCUT2D eigenvalue weighted by molar-refractivity contribution is 0.209. The Kier molecular flexibility index (Phi) is 7.74. The fraction of sp³-hybridized carbons (Fsp3) is 0.500. The van der Waals surface area contributed by atoms with E-state index in [0.29, 0.717) is 17.6 Å². The van der Waals surface area contributed by atoms with Gasteiger partial charge in [0.15, 0.2) is 0 Å². The highest BCUT2D eigenvalue weighted by Crippen LogP contribution is 2.29. The summed E-state index contributed by atoms with van der Waals surface area (Å²) in [4.78, 5) is 12.5. The summed E-state index contributed by atoms with van der Waals surface area (Å²) in [6, 6.07) is 13.2. The minimum absolute atomic E-state index is 0.0849. The van der Waals surface area contributed by atoms with Gasteiger partial charge in [0.1, 0.15) is 11.6 Å². The maximum Gasteiger partial charge on any atom is 0.319 e. The van der Waals surface area contributed by atoms with Crippen molar-refractivity contribution >= 4 is 11.7 Å². The molecule has 0 saturated heterocycles. The van der Waals surface area contributed by atoms with Gasteiger partial charge in [-0.2, -0.15) is 0 Å². The van der Waals surface area contributed by atoms with E-state index in [4.69, 9.17) is 0 Å². The summed E-state index contributed by atoms with van der Waals surface area (Å²) in [7, 11) is 0. The maximum atomic E-state index is 13.2. The zero-order valence-electron chi connectivity index (χ0n) is 18.5. The zero-order valence-corrected chi connectivity index (χ0v) is 18.5. The number of hydrogen-bond donors (Lipinski definition) is 3. The van der Waals surface area contributed by atoms with Gasteiger partial charge in [0.25, 0.3) is 0 Å². The summed E-state index contributed by atoms with van der Waals surface area (Å²) in [5, 5.41) is 9.80. The van der Waals surface area contributed by atoms with Gasteiger partial charge in [-0.05, 0) is 80.0 Å². The van der Waals surface area contributed by atoms with Gasteiger partial charge in [0.05, 0.1) is 0 Å². The van der Waals surface area contributed by atoms with Gasteiger partial charge in [-0.25, -0.2) is 13.6 Å². The van der Waals surface area contributed by atoms with Gasteiger partial charge in [-0.15, -0.1) is 0 Å². The van der Waals surface area contributed by atoms with Crippen molar-refractivity contribution in [2.24, 2.45) is 5.92 Å². The first kappa shape index (κ1) is 22.7. The molecule has 0 heterocycles. The van der Waals surface area contributed by atoms with Crippen molar-refractivity contribution in [3.63, 3.8) is 0 Å². The first-order valence-electron chi connectivity index (χ1n) is 11.9. The number of nitrogens with one attached hydrogen (secondary N) is 3. The third kappa shape index (κ3) is 6.52. The fourth-order valence-corrected chi connectivity index (χ4v) is 5.26. The maximum absolute atomic E-state index is 13.2. The number of anilines is 1. The standard InChI is InChI=1S/C26H33F2N3O/c27-20-10-8-18(9-11-20)16-19-4-3-5-23(17-19)29-24-6-1-2-7-25(24)31-26(32)30-22-14-12-21(28)13-15-22/h8-15,19,23-25,29H,1-7,16-17H2,(H2,30,31,32)/t19-,23+,24+,25+/m0/s1. The second kappa shape index (κ2) is 10.9. The largest absolute Gasteiger partial charge is 0.334 e. The monoisotopic (exact) mass is 441 g/mol. The molecule has 2 aromatic rings. The molecule has 6 heteroatoms. The van der Waals surface area contributed by atoms with E-state index in [1.165, 1.54) is 37.0 Å². The Hall–Kier alpha value is -2.47. The number of amides is 2. The molecule has 0 radical (unpaired) electrons. The smallest absolute Gasteiger partial charge is 0.319 e. The van der Waals surface area contributed by atoms with Crippen molar-refractivity contribution in [2.45, 2.75) is 75.9 Å². The van der Waals surface area contributed by atoms with Crippen LogP contribution < -0.4 is 16.0 Å². The summed E-state index contributed by atoms with van der Waals surface area (Å²) in [5.74, 6) is 0.0949. The quantitative estimate of drug-likeness (QED) is 0.532. The van der Waals surface area contributed by atoms with Crippen molar-refractivity contribution in [1.82, 2.24) is 10.6 Å². The topological polar surface area (TPSA) is 53.2 Å². The molecular formula is C26H33F2N3O. The van der Waals surface area contributed by atoms with E-state index in [0.717, 1.165) is 38.5 Å². The first-order chi connectivity index (χ1) is 15.5. The molecule has 4 nitrogen and oxygen atoms in total. The molecule has 0 spiro atoms. The number of benzene rings is 2. The Balaban J connectivity index is 1.29. The molecule has 2 saturated carbocycles. The summed E-state index contributed by atoms with van der Waals surface area (Å²) < 4.78 is 26.3. The number of rotatable bonds is 6. The molecule has 172 valence electrons. The summed E-state index contributed by atoms with van der Waals surface area (Å²) in [5.41, 5.74) is 1.78. The third-order valence-corrected chi connectivity index (χ3v) is 6.85. The second-order valence-corrected chi connectivity index (χ2v) is 9.33. The molecule has 2 aromatic carbocycles. The van der Waals surface area contributed by atoms with Crippen LogP contribution in [-0.2, 0) is 6.42 Å². The summed E-state index contributed by atoms with van der Waals surface area (Å²) in [6.07, 6.45) is 9.96. The van der Waals surface area contributed by atoms with Crippen molar-refractivity contribution in [3.8, 4) is 0 Å². The first-order valence-corrected chi connectivity index (χ1v) is 11.9. The Bertz CT molecular complexity index is 872. The van der Waals surface area contributed by atoms with Crippen molar-refractivity contribution in [3.05, 3.63) is 65.7 Å². The van der Waals surface area contributed by atoms with Gasteiger partial charge >= 0.3 is 6.03 Å². The van der Waals surface area contributed by atoms with Crippen LogP contribution in [0.15, 0.2) is 48.5 Å². The molecule has 32 heavy (non-hydrogen) atoms. The van der Waals surface area contributed by atoms with Crippen LogP contribution in [0.5, 0.6) is 0 Å². The molecule has 3 N–H and O–H groups in total. The molecule has 4 rings (SSSR count). The van der Waals surface area contributed by atoms with Gasteiger partial charge in [0.2, 0.25) is 0 Å². The van der Waals surface area contributed by atoms with E-state index in [2.05, 4.69) is 16.0 Å². The number of hydrogen-bond acceptors (Lipinski definition) is 2. The molecule has 2 fully saturated rings. The summed E-state index contributed by atoms with van der Waals surface area (Å²) >= 11 is 0. The summed E-state index contributed by atoms with van der Waals surface area (Å²) in [6.45, 7) is 0. The molecule has 4 atom stereocenters. The molecule has 2 aliphatic rings. The van der Waals surface area contributed by atoms with Gasteiger partial charge in [0, 0.05) is 23.8 Å². The van der Waals surface area contributed by atoms with E-state index in [9.17, 15) is 13.6 Å². The Morgan fingerprint density at radius 1 is 0.812 bits per heavy atom. The number of carbonyl (C=O) groups is 1. The normalized spacial score (nSPS) is 25.8. The van der Waals surface area contributed by atoms with E-state index < -0.39 is 0 Å². The average molecular weight is 442 g/mol. The van der Waals surface area contributed by atoms with Crippen LogP contribution in [0.1, 0.15) is 56.9 Å². The molecule has 0 unspecified atom stereocenters. The van der Waals surface area contributed by atoms with Crippen LogP contribution >= 0.6 is 0 Å². The van der Waals surface area contributed by atoms with Crippen molar-refractivity contribution in [2.75, 3.05) is 5.32 Å². The highest BCUT2D eigenvalue weighted by Gasteiger charge is 2.30. The van der Waals surface area contributed by atoms with Crippen LogP contribution in [-0.4, -0.2) is 24.2 Å². The van der Waals surface area contributed by atoms with E-state index in [1.54, 1.807) is 24.3 Å². The van der Waals surface area contributed by atoms with Crippen LogP contribution in [0.25, 0.3) is 0 Å². The highest BCUT2D eigenvalue weighted by atomic mass is 19.1. The van der Waals surface area contributed by atoms with Crippen LogP contribution in [0.3, 0.4) is 0 Å². The van der Waals surface area contributed by atoms with Crippen LogP contribution in [0.2, 0.25) is 0 Å². The second-order valence-electron chi connectivity index (χ2n) is 9.33. The molecule has 2 amide bonds. The predicted molar refractivity (Wildman–Crippen MR) is 124 cm³/mol. The SMILES string of the molecule is O=C(Nc1ccc(F)cc1)N[C@@H]1CCCC[C@H]1N[C@@H]1CCC[C@@H](Cc2ccc(F)cc2)C1. The minimum Gasteiger partial charge on any atom is -0.334 e. The molecule has 0 aliphatic heterocycles. The van der Waals surface area contributed by atoms with Gasteiger partial charge in [-0.3, -0.25) is 0 Å². The van der Waals surface area contributed by atoms with Crippen LogP contribution in [0, 0.1) is 17.6 Å². The average Bonchev–Trinajstić information content (AvgIpc) is 2.79. The molecule has 0 bridgehead atoms. The van der Waals surface area contributed by atoms with Gasteiger partial charge < -0.3 is 16.0 Å². The van der Waals surface area contributed by atoms with E-state index in [-0.39, 0.29) is 29.7 Å². The van der Waals surface area contributed by atoms with E-state index in [1.807, 2.05) is 12.1 Å². The number of urea groups is 1. The fourth-order valence-electron chi connectivity index (χ4n) is 5.26. The zero-order chi connectivity index (χ0) is 22.3. The Morgan fingerprint density at radius 2 is 1.47 bits per heavy atom. The molecular weight excluding hydrogens is 408 g/mol. The Labute approximate surface area is 189 Å². The molecule has 2 aliphatic carbocycles.